The van der Waals surface area contributed by atoms with Crippen molar-refractivity contribution in [1.29, 1.82) is 0 Å². The van der Waals surface area contributed by atoms with Gasteiger partial charge in [-0.05, 0) is 35.2 Å². The van der Waals surface area contributed by atoms with E-state index < -0.39 is 11.7 Å². The van der Waals surface area contributed by atoms with Gasteiger partial charge in [0.25, 0.3) is 0 Å². The Morgan fingerprint density at radius 2 is 2.05 bits per heavy atom. The van der Waals surface area contributed by atoms with Crippen LogP contribution in [0.4, 0.5) is 13.2 Å². The average Bonchev–Trinajstić information content (AvgIpc) is 2.95. The Morgan fingerprint density at radius 3 is 2.71 bits per heavy atom. The minimum absolute atomic E-state index is 0.0531. The molecule has 2 nitrogen and oxygen atoms in total. The van der Waals surface area contributed by atoms with Crippen molar-refractivity contribution in [3.05, 3.63) is 63.9 Å². The summed E-state index contributed by atoms with van der Waals surface area (Å²) in [6.45, 7) is 0.0531. The molecule has 0 aliphatic heterocycles. The number of nitrogens with one attached hydrogen (secondary N) is 1. The normalized spacial score (nSPS) is 11.8. The summed E-state index contributed by atoms with van der Waals surface area (Å²) in [6, 6.07) is 8.63. The highest BCUT2D eigenvalue weighted by atomic mass is 32.1. The van der Waals surface area contributed by atoms with E-state index in [2.05, 4.69) is 5.32 Å². The number of hydrogen-bond donors (Lipinski definition) is 1. The highest BCUT2D eigenvalue weighted by molar-refractivity contribution is 7.10. The fourth-order valence-electron chi connectivity index (χ4n) is 1.65. The van der Waals surface area contributed by atoms with Crippen molar-refractivity contribution < 1.29 is 18.0 Å². The maximum absolute atomic E-state index is 12.5. The average molecular weight is 311 g/mol. The van der Waals surface area contributed by atoms with Crippen molar-refractivity contribution in [2.75, 3.05) is 0 Å². The summed E-state index contributed by atoms with van der Waals surface area (Å²) in [4.78, 5) is 12.5. The molecule has 2 rings (SSSR count). The van der Waals surface area contributed by atoms with Crippen molar-refractivity contribution in [3.63, 3.8) is 0 Å². The maximum atomic E-state index is 12.5. The lowest BCUT2D eigenvalue weighted by Crippen LogP contribution is -2.20. The van der Waals surface area contributed by atoms with E-state index in [1.54, 1.807) is 12.1 Å². The van der Waals surface area contributed by atoms with Crippen LogP contribution in [-0.2, 0) is 17.5 Å². The molecule has 2 aromatic rings. The van der Waals surface area contributed by atoms with Crippen molar-refractivity contribution in [1.82, 2.24) is 5.32 Å². The van der Waals surface area contributed by atoms with Gasteiger partial charge >= 0.3 is 6.18 Å². The molecule has 0 aliphatic carbocycles. The van der Waals surface area contributed by atoms with Gasteiger partial charge in [0.05, 0.1) is 5.56 Å². The molecule has 1 amide bonds. The molecule has 0 fully saturated rings. The van der Waals surface area contributed by atoms with E-state index in [0.717, 1.165) is 17.0 Å². The summed E-state index contributed by atoms with van der Waals surface area (Å²) >= 11 is 1.49. The molecule has 0 unspecified atom stereocenters. The van der Waals surface area contributed by atoms with Gasteiger partial charge in [0.1, 0.15) is 0 Å². The molecule has 0 aliphatic rings. The number of alkyl halides is 3. The van der Waals surface area contributed by atoms with Crippen LogP contribution in [0, 0.1) is 0 Å². The molecule has 110 valence electrons. The van der Waals surface area contributed by atoms with Gasteiger partial charge in [-0.3, -0.25) is 4.79 Å². The Hall–Kier alpha value is -2.08. The van der Waals surface area contributed by atoms with E-state index in [-0.39, 0.29) is 12.5 Å². The van der Waals surface area contributed by atoms with Gasteiger partial charge in [0.15, 0.2) is 0 Å². The molecular formula is C15H12F3NOS. The highest BCUT2D eigenvalue weighted by Gasteiger charge is 2.30. The molecule has 6 heteroatoms. The van der Waals surface area contributed by atoms with Crippen LogP contribution in [0.1, 0.15) is 16.0 Å². The molecule has 0 radical (unpaired) electrons. The predicted molar refractivity (Wildman–Crippen MR) is 76.6 cm³/mol. The van der Waals surface area contributed by atoms with Crippen LogP contribution in [-0.4, -0.2) is 5.91 Å². The molecule has 1 heterocycles. The second-order valence-corrected chi connectivity index (χ2v) is 5.24. The summed E-state index contributed by atoms with van der Waals surface area (Å²) < 4.78 is 37.6. The fraction of sp³-hybridized carbons (Fsp3) is 0.133. The van der Waals surface area contributed by atoms with Gasteiger partial charge in [0, 0.05) is 17.5 Å². The first-order valence-electron chi connectivity index (χ1n) is 6.11. The number of rotatable bonds is 4. The Balaban J connectivity index is 1.92. The molecule has 0 saturated carbocycles. The number of halogens is 3. The van der Waals surface area contributed by atoms with Crippen LogP contribution in [0.5, 0.6) is 0 Å². The summed E-state index contributed by atoms with van der Waals surface area (Å²) in [5.74, 6) is -0.346. The summed E-state index contributed by atoms with van der Waals surface area (Å²) in [6.07, 6.45) is -1.36. The lowest BCUT2D eigenvalue weighted by molar-refractivity contribution is -0.137. The maximum Gasteiger partial charge on any atom is 0.416 e. The second-order valence-electron chi connectivity index (χ2n) is 4.26. The van der Waals surface area contributed by atoms with Gasteiger partial charge in [-0.15, -0.1) is 11.3 Å². The van der Waals surface area contributed by atoms with Crippen LogP contribution < -0.4 is 5.32 Å². The van der Waals surface area contributed by atoms with E-state index in [1.807, 2.05) is 17.5 Å². The quantitative estimate of drug-likeness (QED) is 0.846. The van der Waals surface area contributed by atoms with Gasteiger partial charge < -0.3 is 5.32 Å². The Kier molecular flexibility index (Phi) is 4.80. The van der Waals surface area contributed by atoms with Gasteiger partial charge in [-0.2, -0.15) is 13.2 Å². The number of carbonyl (C=O) groups excluding carboxylic acids is 1. The largest absolute Gasteiger partial charge is 0.416 e. The number of carbonyl (C=O) groups is 1. The van der Waals surface area contributed by atoms with Crippen LogP contribution in [0.15, 0.2) is 47.9 Å². The highest BCUT2D eigenvalue weighted by Crippen LogP contribution is 2.29. The lowest BCUT2D eigenvalue weighted by atomic mass is 10.1. The summed E-state index contributed by atoms with van der Waals surface area (Å²) in [7, 11) is 0. The Bertz CT molecular complexity index is 633. The molecule has 0 spiro atoms. The molecule has 0 atom stereocenters. The monoisotopic (exact) mass is 311 g/mol. The van der Waals surface area contributed by atoms with E-state index in [4.69, 9.17) is 0 Å². The molecule has 1 N–H and O–H groups in total. The van der Waals surface area contributed by atoms with E-state index in [9.17, 15) is 18.0 Å². The first kappa shape index (κ1) is 15.3. The third kappa shape index (κ3) is 4.75. The third-order valence-corrected chi connectivity index (χ3v) is 3.50. The SMILES string of the molecule is O=C(/C=C/c1cccs1)NCc1cccc(C(F)(F)F)c1. The zero-order chi connectivity index (χ0) is 15.3. The molecular weight excluding hydrogens is 299 g/mol. The zero-order valence-corrected chi connectivity index (χ0v) is 11.7. The molecule has 0 bridgehead atoms. The van der Waals surface area contributed by atoms with E-state index >= 15 is 0 Å². The van der Waals surface area contributed by atoms with Gasteiger partial charge in [-0.25, -0.2) is 0 Å². The minimum Gasteiger partial charge on any atom is -0.348 e. The van der Waals surface area contributed by atoms with E-state index in [0.29, 0.717) is 5.56 Å². The van der Waals surface area contributed by atoms with E-state index in [1.165, 1.54) is 23.5 Å². The lowest BCUT2D eigenvalue weighted by Gasteiger charge is -2.08. The van der Waals surface area contributed by atoms with Crippen LogP contribution >= 0.6 is 11.3 Å². The van der Waals surface area contributed by atoms with Gasteiger partial charge in [0.2, 0.25) is 5.91 Å². The molecule has 1 aromatic carbocycles. The van der Waals surface area contributed by atoms with Crippen molar-refractivity contribution in [2.24, 2.45) is 0 Å². The first-order valence-corrected chi connectivity index (χ1v) is 6.99. The Morgan fingerprint density at radius 1 is 1.24 bits per heavy atom. The van der Waals surface area contributed by atoms with Crippen LogP contribution in [0.2, 0.25) is 0 Å². The molecule has 1 aromatic heterocycles. The fourth-order valence-corrected chi connectivity index (χ4v) is 2.27. The minimum atomic E-state index is -4.38. The van der Waals surface area contributed by atoms with Crippen molar-refractivity contribution >= 4 is 23.3 Å². The third-order valence-electron chi connectivity index (χ3n) is 2.66. The second kappa shape index (κ2) is 6.58. The topological polar surface area (TPSA) is 29.1 Å². The summed E-state index contributed by atoms with van der Waals surface area (Å²) in [5.41, 5.74) is -0.314. The first-order chi connectivity index (χ1) is 9.95. The molecule has 21 heavy (non-hydrogen) atoms. The molecule has 0 saturated heterocycles. The smallest absolute Gasteiger partial charge is 0.348 e. The number of amides is 1. The van der Waals surface area contributed by atoms with Crippen molar-refractivity contribution in [3.8, 4) is 0 Å². The van der Waals surface area contributed by atoms with Crippen LogP contribution in [0.25, 0.3) is 6.08 Å². The van der Waals surface area contributed by atoms with Crippen LogP contribution in [0.3, 0.4) is 0 Å². The standard InChI is InChI=1S/C15H12F3NOS/c16-15(17,18)12-4-1-3-11(9-12)10-19-14(20)7-6-13-5-2-8-21-13/h1-9H,10H2,(H,19,20)/b7-6+. The number of benzene rings is 1. The number of thiophene rings is 1. The van der Waals surface area contributed by atoms with Crippen molar-refractivity contribution in [2.45, 2.75) is 12.7 Å². The Labute approximate surface area is 123 Å². The summed E-state index contributed by atoms with van der Waals surface area (Å²) in [5, 5.41) is 4.44. The van der Waals surface area contributed by atoms with Gasteiger partial charge in [-0.1, -0.05) is 18.2 Å². The zero-order valence-electron chi connectivity index (χ0n) is 10.9. The number of hydrogen-bond acceptors (Lipinski definition) is 2. The predicted octanol–water partition coefficient (Wildman–Crippen LogP) is 4.10.